The Labute approximate surface area is 169 Å². The molecule has 5 rings (SSSR count). The SMILES string of the molecule is O=C(CCc1nc(-c2cccs2)no1)N1CCC[C@@H]1c1nc2ccccc2s1. The number of thiazole rings is 1. The number of hydrogen-bond acceptors (Lipinski definition) is 7. The maximum Gasteiger partial charge on any atom is 0.227 e. The Bertz CT molecular complexity index is 1070. The van der Waals surface area contributed by atoms with Gasteiger partial charge in [0.25, 0.3) is 0 Å². The number of hydrogen-bond donors (Lipinski definition) is 0. The van der Waals surface area contributed by atoms with Crippen LogP contribution in [0.25, 0.3) is 20.9 Å². The van der Waals surface area contributed by atoms with Crippen LogP contribution in [0.1, 0.15) is 36.2 Å². The molecular weight excluding hydrogens is 392 g/mol. The molecule has 4 aromatic rings. The van der Waals surface area contributed by atoms with Crippen LogP contribution in [0.3, 0.4) is 0 Å². The van der Waals surface area contributed by atoms with E-state index in [-0.39, 0.29) is 11.9 Å². The van der Waals surface area contributed by atoms with E-state index in [1.165, 1.54) is 4.70 Å². The Morgan fingerprint density at radius 3 is 3.00 bits per heavy atom. The summed E-state index contributed by atoms with van der Waals surface area (Å²) in [5.41, 5.74) is 1.01. The van der Waals surface area contributed by atoms with Crippen molar-refractivity contribution in [3.63, 3.8) is 0 Å². The van der Waals surface area contributed by atoms with Gasteiger partial charge in [0.15, 0.2) is 0 Å². The number of para-hydroxylation sites is 1. The van der Waals surface area contributed by atoms with Crippen molar-refractivity contribution in [1.82, 2.24) is 20.0 Å². The predicted octanol–water partition coefficient (Wildman–Crippen LogP) is 4.70. The summed E-state index contributed by atoms with van der Waals surface area (Å²) in [6.45, 7) is 0.781. The number of nitrogens with zero attached hydrogens (tertiary/aromatic N) is 4. The molecule has 0 saturated carbocycles. The van der Waals surface area contributed by atoms with Crippen LogP contribution < -0.4 is 0 Å². The molecule has 0 spiro atoms. The van der Waals surface area contributed by atoms with E-state index in [2.05, 4.69) is 16.2 Å². The number of carbonyl (C=O) groups is 1. The van der Waals surface area contributed by atoms with E-state index in [4.69, 9.17) is 9.51 Å². The highest BCUT2D eigenvalue weighted by atomic mass is 32.1. The van der Waals surface area contributed by atoms with Gasteiger partial charge in [-0.1, -0.05) is 23.4 Å². The summed E-state index contributed by atoms with van der Waals surface area (Å²) in [5.74, 6) is 1.22. The highest BCUT2D eigenvalue weighted by Crippen LogP contribution is 2.36. The second-order valence-corrected chi connectivity index (χ2v) is 8.76. The lowest BCUT2D eigenvalue weighted by Gasteiger charge is -2.22. The molecule has 1 aromatic carbocycles. The monoisotopic (exact) mass is 410 g/mol. The second kappa shape index (κ2) is 7.44. The van der Waals surface area contributed by atoms with Gasteiger partial charge in [0.1, 0.15) is 5.01 Å². The molecule has 1 amide bonds. The molecule has 28 heavy (non-hydrogen) atoms. The van der Waals surface area contributed by atoms with Crippen molar-refractivity contribution in [2.75, 3.05) is 6.54 Å². The molecule has 0 radical (unpaired) electrons. The second-order valence-electron chi connectivity index (χ2n) is 6.75. The first-order chi connectivity index (χ1) is 13.8. The van der Waals surface area contributed by atoms with E-state index in [1.54, 1.807) is 22.7 Å². The molecule has 0 aliphatic carbocycles. The summed E-state index contributed by atoms with van der Waals surface area (Å²) in [6, 6.07) is 12.1. The summed E-state index contributed by atoms with van der Waals surface area (Å²) in [6.07, 6.45) is 2.80. The first-order valence-electron chi connectivity index (χ1n) is 9.29. The normalized spacial score (nSPS) is 16.9. The van der Waals surface area contributed by atoms with Gasteiger partial charge in [-0.2, -0.15) is 4.98 Å². The summed E-state index contributed by atoms with van der Waals surface area (Å²) >= 11 is 3.25. The van der Waals surface area contributed by atoms with Gasteiger partial charge < -0.3 is 9.42 Å². The average Bonchev–Trinajstić information content (AvgIpc) is 3.50. The summed E-state index contributed by atoms with van der Waals surface area (Å²) in [5, 5.41) is 7.02. The minimum absolute atomic E-state index is 0.0780. The number of aryl methyl sites for hydroxylation is 1. The Balaban J connectivity index is 1.27. The number of carbonyl (C=O) groups excluding carboxylic acids is 1. The number of fused-ring (bicyclic) bond motifs is 1. The summed E-state index contributed by atoms with van der Waals surface area (Å²) < 4.78 is 6.49. The summed E-state index contributed by atoms with van der Waals surface area (Å²) in [7, 11) is 0. The largest absolute Gasteiger partial charge is 0.339 e. The standard InChI is InChI=1S/C20H18N4O2S2/c25-18(10-9-17-22-19(23-26-17)16-8-4-12-27-16)24-11-3-6-14(24)20-21-13-5-1-2-7-15(13)28-20/h1-2,4-5,7-8,12,14H,3,6,9-11H2/t14-/m1/s1. The third-order valence-corrected chi connectivity index (χ3v) is 6.93. The van der Waals surface area contributed by atoms with Crippen LogP contribution >= 0.6 is 22.7 Å². The highest BCUT2D eigenvalue weighted by molar-refractivity contribution is 7.18. The molecular formula is C20H18N4O2S2. The quantitative estimate of drug-likeness (QED) is 0.477. The first-order valence-corrected chi connectivity index (χ1v) is 11.0. The van der Waals surface area contributed by atoms with E-state index in [1.807, 2.05) is 40.6 Å². The molecule has 1 aliphatic heterocycles. The van der Waals surface area contributed by atoms with Crippen molar-refractivity contribution in [3.8, 4) is 10.7 Å². The zero-order valence-corrected chi connectivity index (χ0v) is 16.7. The third-order valence-electron chi connectivity index (χ3n) is 4.93. The molecule has 1 atom stereocenters. The van der Waals surface area contributed by atoms with Gasteiger partial charge >= 0.3 is 0 Å². The Morgan fingerprint density at radius 1 is 1.21 bits per heavy atom. The van der Waals surface area contributed by atoms with Crippen LogP contribution in [0.4, 0.5) is 0 Å². The Morgan fingerprint density at radius 2 is 2.14 bits per heavy atom. The molecule has 1 aliphatic rings. The van der Waals surface area contributed by atoms with E-state index >= 15 is 0 Å². The van der Waals surface area contributed by atoms with E-state index < -0.39 is 0 Å². The van der Waals surface area contributed by atoms with E-state index in [0.29, 0.717) is 24.6 Å². The van der Waals surface area contributed by atoms with Gasteiger partial charge in [-0.25, -0.2) is 4.98 Å². The molecule has 3 aromatic heterocycles. The minimum atomic E-state index is 0.0780. The van der Waals surface area contributed by atoms with Crippen LogP contribution in [0.15, 0.2) is 46.3 Å². The van der Waals surface area contributed by atoms with Gasteiger partial charge in [0.05, 0.1) is 21.1 Å². The molecule has 1 fully saturated rings. The van der Waals surface area contributed by atoms with Crippen LogP contribution in [-0.2, 0) is 11.2 Å². The number of amides is 1. The van der Waals surface area contributed by atoms with Gasteiger partial charge in [0, 0.05) is 19.4 Å². The zero-order valence-electron chi connectivity index (χ0n) is 15.1. The van der Waals surface area contributed by atoms with Crippen molar-refractivity contribution < 1.29 is 9.32 Å². The van der Waals surface area contributed by atoms with Crippen molar-refractivity contribution in [2.24, 2.45) is 0 Å². The number of aromatic nitrogens is 3. The molecule has 6 nitrogen and oxygen atoms in total. The van der Waals surface area contributed by atoms with Gasteiger partial charge in [-0.3, -0.25) is 4.79 Å². The number of likely N-dealkylation sites (tertiary alicyclic amines) is 1. The predicted molar refractivity (Wildman–Crippen MR) is 109 cm³/mol. The lowest BCUT2D eigenvalue weighted by atomic mass is 10.2. The Hall–Kier alpha value is -2.58. The van der Waals surface area contributed by atoms with E-state index in [0.717, 1.165) is 34.8 Å². The van der Waals surface area contributed by atoms with E-state index in [9.17, 15) is 4.79 Å². The van der Waals surface area contributed by atoms with Crippen molar-refractivity contribution in [2.45, 2.75) is 31.7 Å². The fraction of sp³-hybridized carbons (Fsp3) is 0.300. The highest BCUT2D eigenvalue weighted by Gasteiger charge is 2.32. The van der Waals surface area contributed by atoms with Gasteiger partial charge in [-0.05, 0) is 36.4 Å². The average molecular weight is 411 g/mol. The third kappa shape index (κ3) is 3.33. The molecule has 0 bridgehead atoms. The van der Waals surface area contributed by atoms with Crippen LogP contribution in [0.5, 0.6) is 0 Å². The first kappa shape index (κ1) is 17.5. The zero-order chi connectivity index (χ0) is 18.9. The molecule has 0 unspecified atom stereocenters. The maximum absolute atomic E-state index is 12.9. The van der Waals surface area contributed by atoms with Crippen LogP contribution in [0, 0.1) is 0 Å². The minimum Gasteiger partial charge on any atom is -0.339 e. The van der Waals surface area contributed by atoms with Gasteiger partial charge in [-0.15, -0.1) is 22.7 Å². The molecule has 142 valence electrons. The number of benzene rings is 1. The number of thiophene rings is 1. The van der Waals surface area contributed by atoms with Crippen molar-refractivity contribution in [1.29, 1.82) is 0 Å². The lowest BCUT2D eigenvalue weighted by Crippen LogP contribution is -2.30. The van der Waals surface area contributed by atoms with Crippen molar-refractivity contribution >= 4 is 38.8 Å². The fourth-order valence-electron chi connectivity index (χ4n) is 3.57. The van der Waals surface area contributed by atoms with Crippen LogP contribution in [0.2, 0.25) is 0 Å². The molecule has 0 N–H and O–H groups in total. The molecule has 8 heteroatoms. The lowest BCUT2D eigenvalue weighted by molar-refractivity contribution is -0.132. The molecule has 1 saturated heterocycles. The van der Waals surface area contributed by atoms with Gasteiger partial charge in [0.2, 0.25) is 17.6 Å². The Kier molecular flexibility index (Phi) is 4.66. The smallest absolute Gasteiger partial charge is 0.227 e. The fourth-order valence-corrected chi connectivity index (χ4v) is 5.34. The maximum atomic E-state index is 12.9. The van der Waals surface area contributed by atoms with Crippen molar-refractivity contribution in [3.05, 3.63) is 52.7 Å². The summed E-state index contributed by atoms with van der Waals surface area (Å²) in [4.78, 5) is 25.0. The van der Waals surface area contributed by atoms with Crippen LogP contribution in [-0.4, -0.2) is 32.5 Å². The number of rotatable bonds is 5. The topological polar surface area (TPSA) is 72.1 Å². The molecule has 4 heterocycles.